The number of hydrogen-bond donors (Lipinski definition) is 3. The fraction of sp³-hybridized carbons (Fsp3) is 0.429. The molecule has 1 aromatic carbocycles. The Hall–Kier alpha value is -1.45. The van der Waals surface area contributed by atoms with Gasteiger partial charge in [0.2, 0.25) is 0 Å². The summed E-state index contributed by atoms with van der Waals surface area (Å²) in [6, 6.07) is 4.60. The van der Waals surface area contributed by atoms with Crippen molar-refractivity contribution in [2.75, 3.05) is 19.7 Å². The molecular formula is C14H16FNO3. The second-order valence-electron chi connectivity index (χ2n) is 4.60. The van der Waals surface area contributed by atoms with Crippen LogP contribution in [-0.4, -0.2) is 52.1 Å². The highest BCUT2D eigenvalue weighted by atomic mass is 19.1. The second-order valence-corrected chi connectivity index (χ2v) is 4.60. The fourth-order valence-corrected chi connectivity index (χ4v) is 2.14. The van der Waals surface area contributed by atoms with Crippen molar-refractivity contribution in [3.8, 4) is 11.8 Å². The zero-order chi connectivity index (χ0) is 13.8. The van der Waals surface area contributed by atoms with Crippen LogP contribution >= 0.6 is 0 Å². The van der Waals surface area contributed by atoms with Crippen LogP contribution in [-0.2, 0) is 6.54 Å². The van der Waals surface area contributed by atoms with Gasteiger partial charge < -0.3 is 15.3 Å². The Morgan fingerprint density at radius 3 is 2.58 bits per heavy atom. The summed E-state index contributed by atoms with van der Waals surface area (Å²) < 4.78 is 13.5. The second kappa shape index (κ2) is 6.13. The van der Waals surface area contributed by atoms with E-state index in [0.717, 1.165) is 5.56 Å². The van der Waals surface area contributed by atoms with Gasteiger partial charge in [-0.2, -0.15) is 0 Å². The van der Waals surface area contributed by atoms with Crippen LogP contribution < -0.4 is 0 Å². The summed E-state index contributed by atoms with van der Waals surface area (Å²) in [6.45, 7) is 1.00. The molecule has 5 heteroatoms. The molecule has 0 spiro atoms. The van der Waals surface area contributed by atoms with Crippen molar-refractivity contribution in [3.63, 3.8) is 0 Å². The number of rotatable bonds is 2. The van der Waals surface area contributed by atoms with Crippen LogP contribution in [0.15, 0.2) is 18.2 Å². The van der Waals surface area contributed by atoms with Gasteiger partial charge in [0.25, 0.3) is 0 Å². The average Bonchev–Trinajstić information content (AvgIpc) is 2.69. The number of hydrogen-bond acceptors (Lipinski definition) is 4. The number of nitrogens with zero attached hydrogens (tertiary/aromatic N) is 1. The highest BCUT2D eigenvalue weighted by molar-refractivity contribution is 5.38. The normalized spacial score (nSPS) is 23.2. The van der Waals surface area contributed by atoms with E-state index in [0.29, 0.717) is 19.6 Å². The van der Waals surface area contributed by atoms with Gasteiger partial charge in [0.15, 0.2) is 0 Å². The van der Waals surface area contributed by atoms with Crippen LogP contribution in [0.4, 0.5) is 4.39 Å². The third kappa shape index (κ3) is 3.52. The van der Waals surface area contributed by atoms with Gasteiger partial charge in [-0.1, -0.05) is 17.9 Å². The van der Waals surface area contributed by atoms with Crippen molar-refractivity contribution >= 4 is 0 Å². The average molecular weight is 265 g/mol. The molecule has 1 fully saturated rings. The summed E-state index contributed by atoms with van der Waals surface area (Å²) in [5, 5.41) is 27.5. The van der Waals surface area contributed by atoms with Crippen LogP contribution in [0, 0.1) is 17.7 Å². The van der Waals surface area contributed by atoms with Crippen molar-refractivity contribution in [3.05, 3.63) is 35.1 Å². The number of likely N-dealkylation sites (tertiary alicyclic amines) is 1. The minimum atomic E-state index is -0.728. The van der Waals surface area contributed by atoms with Crippen LogP contribution in [0.25, 0.3) is 0 Å². The Morgan fingerprint density at radius 2 is 1.95 bits per heavy atom. The molecule has 1 saturated heterocycles. The van der Waals surface area contributed by atoms with E-state index in [2.05, 4.69) is 11.8 Å². The van der Waals surface area contributed by atoms with E-state index in [4.69, 9.17) is 5.11 Å². The Kier molecular flexibility index (Phi) is 4.51. The van der Waals surface area contributed by atoms with Crippen molar-refractivity contribution < 1.29 is 19.7 Å². The molecule has 0 amide bonds. The van der Waals surface area contributed by atoms with Crippen LogP contribution in [0.3, 0.4) is 0 Å². The Morgan fingerprint density at radius 1 is 1.26 bits per heavy atom. The lowest BCUT2D eigenvalue weighted by atomic mass is 10.1. The van der Waals surface area contributed by atoms with Crippen molar-refractivity contribution in [2.24, 2.45) is 0 Å². The monoisotopic (exact) mass is 265 g/mol. The van der Waals surface area contributed by atoms with Crippen LogP contribution in [0.2, 0.25) is 0 Å². The third-order valence-corrected chi connectivity index (χ3v) is 3.07. The summed E-state index contributed by atoms with van der Waals surface area (Å²) >= 11 is 0. The van der Waals surface area contributed by atoms with E-state index >= 15 is 0 Å². The van der Waals surface area contributed by atoms with Crippen LogP contribution in [0.5, 0.6) is 0 Å². The molecule has 1 heterocycles. The molecule has 0 radical (unpaired) electrons. The largest absolute Gasteiger partial charge is 0.389 e. The van der Waals surface area contributed by atoms with Gasteiger partial charge in [-0.05, 0) is 17.7 Å². The van der Waals surface area contributed by atoms with Gasteiger partial charge >= 0.3 is 0 Å². The zero-order valence-electron chi connectivity index (χ0n) is 10.4. The summed E-state index contributed by atoms with van der Waals surface area (Å²) in [5.74, 6) is 4.54. The predicted molar refractivity (Wildman–Crippen MR) is 67.7 cm³/mol. The van der Waals surface area contributed by atoms with Crippen molar-refractivity contribution in [1.82, 2.24) is 4.90 Å². The first-order chi connectivity index (χ1) is 9.10. The van der Waals surface area contributed by atoms with Crippen molar-refractivity contribution in [1.29, 1.82) is 0 Å². The molecule has 0 aliphatic carbocycles. The zero-order valence-corrected chi connectivity index (χ0v) is 10.4. The van der Waals surface area contributed by atoms with Gasteiger partial charge in [0, 0.05) is 19.6 Å². The SMILES string of the molecule is OCC#Cc1cc(CN2CC(O)C(O)C2)ccc1F. The topological polar surface area (TPSA) is 63.9 Å². The van der Waals surface area contributed by atoms with Gasteiger partial charge in [-0.25, -0.2) is 4.39 Å². The Labute approximate surface area is 111 Å². The first-order valence-corrected chi connectivity index (χ1v) is 6.07. The molecule has 0 saturated carbocycles. The molecule has 0 aromatic heterocycles. The first-order valence-electron chi connectivity index (χ1n) is 6.07. The quantitative estimate of drug-likeness (QED) is 0.643. The predicted octanol–water partition coefficient (Wildman–Crippen LogP) is -0.293. The Balaban J connectivity index is 2.09. The van der Waals surface area contributed by atoms with Crippen molar-refractivity contribution in [2.45, 2.75) is 18.8 Å². The summed E-state index contributed by atoms with van der Waals surface area (Å²) in [4.78, 5) is 1.89. The maximum Gasteiger partial charge on any atom is 0.138 e. The smallest absolute Gasteiger partial charge is 0.138 e. The fourth-order valence-electron chi connectivity index (χ4n) is 2.14. The molecule has 1 aliphatic rings. The molecule has 3 N–H and O–H groups in total. The Bertz CT molecular complexity index is 499. The minimum absolute atomic E-state index is 0.242. The number of halogens is 1. The lowest BCUT2D eigenvalue weighted by Crippen LogP contribution is -2.22. The standard InChI is InChI=1S/C14H16FNO3/c15-12-4-3-10(6-11(12)2-1-5-17)7-16-8-13(18)14(19)9-16/h3-4,6,13-14,17-19H,5,7-9H2. The van der Waals surface area contributed by atoms with Crippen LogP contribution in [0.1, 0.15) is 11.1 Å². The number of aliphatic hydroxyl groups excluding tert-OH is 3. The third-order valence-electron chi connectivity index (χ3n) is 3.07. The summed E-state index contributed by atoms with van der Waals surface area (Å²) in [7, 11) is 0. The summed E-state index contributed by atoms with van der Waals surface area (Å²) in [6.07, 6.45) is -1.46. The van der Waals surface area contributed by atoms with E-state index in [9.17, 15) is 14.6 Å². The van der Waals surface area contributed by atoms with E-state index in [1.807, 2.05) is 4.90 Å². The van der Waals surface area contributed by atoms with Gasteiger partial charge in [0.1, 0.15) is 12.4 Å². The molecule has 102 valence electrons. The lowest BCUT2D eigenvalue weighted by molar-refractivity contribution is 0.0572. The molecule has 19 heavy (non-hydrogen) atoms. The first kappa shape index (κ1) is 14.0. The molecule has 1 aliphatic heterocycles. The molecule has 4 nitrogen and oxygen atoms in total. The van der Waals surface area contributed by atoms with Gasteiger partial charge in [-0.15, -0.1) is 0 Å². The number of β-amino-alcohol motifs (C(OH)–C–C–N with tert-alkyl or cyclic N) is 2. The molecule has 2 rings (SSSR count). The van der Waals surface area contributed by atoms with E-state index in [-0.39, 0.29) is 12.2 Å². The highest BCUT2D eigenvalue weighted by Crippen LogP contribution is 2.16. The van der Waals surface area contributed by atoms with E-state index in [1.54, 1.807) is 12.1 Å². The minimum Gasteiger partial charge on any atom is -0.389 e. The van der Waals surface area contributed by atoms with Gasteiger partial charge in [-0.3, -0.25) is 4.90 Å². The lowest BCUT2D eigenvalue weighted by Gasteiger charge is -2.14. The van der Waals surface area contributed by atoms with Gasteiger partial charge in [0.05, 0.1) is 17.8 Å². The van der Waals surface area contributed by atoms with E-state index in [1.165, 1.54) is 6.07 Å². The highest BCUT2D eigenvalue weighted by Gasteiger charge is 2.29. The summed E-state index contributed by atoms with van der Waals surface area (Å²) in [5.41, 5.74) is 1.09. The molecule has 2 atom stereocenters. The number of benzene rings is 1. The molecular weight excluding hydrogens is 249 g/mol. The maximum atomic E-state index is 13.5. The number of aliphatic hydroxyl groups is 3. The molecule has 0 bridgehead atoms. The maximum absolute atomic E-state index is 13.5. The molecule has 2 unspecified atom stereocenters. The van der Waals surface area contributed by atoms with E-state index < -0.39 is 18.0 Å². The molecule has 1 aromatic rings.